The number of hydrogen-bond donors (Lipinski definition) is 1. The highest BCUT2D eigenvalue weighted by molar-refractivity contribution is 5.86. The van der Waals surface area contributed by atoms with Crippen LogP contribution in [0.15, 0.2) is 30.3 Å². The number of likely N-dealkylation sites (tertiary alicyclic amines) is 1. The van der Waals surface area contributed by atoms with Gasteiger partial charge < -0.3 is 14.9 Å². The molecule has 1 heterocycles. The van der Waals surface area contributed by atoms with Crippen molar-refractivity contribution in [2.45, 2.75) is 51.5 Å². The molecule has 2 amide bonds. The third-order valence-electron chi connectivity index (χ3n) is 5.83. The standard InChI is InChI=1S/C21H28N2O4/c1-16(24)23(15-19(25)26)18-8-5-12-22(13-9-18)20(27)21(10-11-21)14-17-6-3-2-4-7-17/h2-4,6-7,18H,5,8-15H2,1H3,(H,25,26). The van der Waals surface area contributed by atoms with Crippen LogP contribution >= 0.6 is 0 Å². The molecule has 27 heavy (non-hydrogen) atoms. The Kier molecular flexibility index (Phi) is 5.82. The number of amides is 2. The zero-order valence-electron chi connectivity index (χ0n) is 15.9. The van der Waals surface area contributed by atoms with Gasteiger partial charge in [-0.3, -0.25) is 14.4 Å². The molecule has 1 unspecified atom stereocenters. The Balaban J connectivity index is 1.63. The molecule has 2 aliphatic rings. The molecule has 0 aromatic heterocycles. The number of hydrogen-bond acceptors (Lipinski definition) is 3. The summed E-state index contributed by atoms with van der Waals surface area (Å²) in [6.07, 6.45) is 4.81. The normalized spacial score (nSPS) is 21.2. The molecule has 3 rings (SSSR count). The van der Waals surface area contributed by atoms with Crippen LogP contribution in [0.25, 0.3) is 0 Å². The topological polar surface area (TPSA) is 77.9 Å². The fourth-order valence-corrected chi connectivity index (χ4v) is 4.18. The maximum absolute atomic E-state index is 13.2. The van der Waals surface area contributed by atoms with Crippen molar-refractivity contribution >= 4 is 17.8 Å². The van der Waals surface area contributed by atoms with E-state index in [0.29, 0.717) is 19.5 Å². The summed E-state index contributed by atoms with van der Waals surface area (Å²) in [5.74, 6) is -0.994. The summed E-state index contributed by atoms with van der Waals surface area (Å²) in [5.41, 5.74) is 0.933. The Labute approximate surface area is 160 Å². The van der Waals surface area contributed by atoms with Gasteiger partial charge in [-0.15, -0.1) is 0 Å². The first-order valence-electron chi connectivity index (χ1n) is 9.74. The summed E-state index contributed by atoms with van der Waals surface area (Å²) >= 11 is 0. The largest absolute Gasteiger partial charge is 0.480 e. The van der Waals surface area contributed by atoms with E-state index in [1.165, 1.54) is 17.4 Å². The van der Waals surface area contributed by atoms with Crippen LogP contribution in [0, 0.1) is 5.41 Å². The molecule has 1 saturated carbocycles. The average molecular weight is 372 g/mol. The average Bonchev–Trinajstić information content (AvgIpc) is 3.44. The van der Waals surface area contributed by atoms with Gasteiger partial charge in [-0.25, -0.2) is 0 Å². The molecule has 1 N–H and O–H groups in total. The number of nitrogens with zero attached hydrogens (tertiary/aromatic N) is 2. The molecule has 1 aromatic carbocycles. The minimum absolute atomic E-state index is 0.110. The molecular formula is C21H28N2O4. The Morgan fingerprint density at radius 1 is 1.15 bits per heavy atom. The molecule has 1 aliphatic heterocycles. The minimum Gasteiger partial charge on any atom is -0.480 e. The van der Waals surface area contributed by atoms with Gasteiger partial charge in [0.1, 0.15) is 6.54 Å². The third-order valence-corrected chi connectivity index (χ3v) is 5.83. The van der Waals surface area contributed by atoms with Crippen molar-refractivity contribution in [3.05, 3.63) is 35.9 Å². The summed E-state index contributed by atoms with van der Waals surface area (Å²) < 4.78 is 0. The summed E-state index contributed by atoms with van der Waals surface area (Å²) in [4.78, 5) is 39.5. The number of carbonyl (C=O) groups excluding carboxylic acids is 2. The van der Waals surface area contributed by atoms with Gasteiger partial charge in [0.05, 0.1) is 5.41 Å². The fraction of sp³-hybridized carbons (Fsp3) is 0.571. The summed E-state index contributed by atoms with van der Waals surface area (Å²) in [6, 6.07) is 10.0. The van der Waals surface area contributed by atoms with Crippen LogP contribution in [-0.4, -0.2) is 58.4 Å². The summed E-state index contributed by atoms with van der Waals surface area (Å²) in [5, 5.41) is 9.07. The lowest BCUT2D eigenvalue weighted by Gasteiger charge is -2.29. The fourth-order valence-electron chi connectivity index (χ4n) is 4.18. The quantitative estimate of drug-likeness (QED) is 0.831. The van der Waals surface area contributed by atoms with E-state index in [4.69, 9.17) is 5.11 Å². The Morgan fingerprint density at radius 2 is 1.85 bits per heavy atom. The highest BCUT2D eigenvalue weighted by Crippen LogP contribution is 2.50. The maximum atomic E-state index is 13.2. The molecule has 1 saturated heterocycles. The Morgan fingerprint density at radius 3 is 2.44 bits per heavy atom. The van der Waals surface area contributed by atoms with Crippen LogP contribution in [-0.2, 0) is 20.8 Å². The van der Waals surface area contributed by atoms with Crippen LogP contribution in [0.4, 0.5) is 0 Å². The lowest BCUT2D eigenvalue weighted by atomic mass is 9.95. The molecule has 1 atom stereocenters. The summed E-state index contributed by atoms with van der Waals surface area (Å²) in [7, 11) is 0. The maximum Gasteiger partial charge on any atom is 0.323 e. The van der Waals surface area contributed by atoms with E-state index in [2.05, 4.69) is 12.1 Å². The van der Waals surface area contributed by atoms with Crippen LogP contribution in [0.5, 0.6) is 0 Å². The number of carboxylic acid groups (broad SMARTS) is 1. The lowest BCUT2D eigenvalue weighted by molar-refractivity contribution is -0.145. The van der Waals surface area contributed by atoms with E-state index in [9.17, 15) is 14.4 Å². The predicted octanol–water partition coefficient (Wildman–Crippen LogP) is 2.32. The number of carboxylic acids is 1. The van der Waals surface area contributed by atoms with Crippen LogP contribution < -0.4 is 0 Å². The van der Waals surface area contributed by atoms with Crippen molar-refractivity contribution in [2.75, 3.05) is 19.6 Å². The van der Waals surface area contributed by atoms with Gasteiger partial charge in [-0.1, -0.05) is 30.3 Å². The van der Waals surface area contributed by atoms with Crippen LogP contribution in [0.2, 0.25) is 0 Å². The monoisotopic (exact) mass is 372 g/mol. The number of benzene rings is 1. The molecule has 146 valence electrons. The molecule has 0 radical (unpaired) electrons. The first-order valence-corrected chi connectivity index (χ1v) is 9.74. The molecule has 6 heteroatoms. The van der Waals surface area contributed by atoms with Gasteiger partial charge in [0, 0.05) is 26.1 Å². The summed E-state index contributed by atoms with van der Waals surface area (Å²) in [6.45, 7) is 2.41. The second-order valence-corrected chi connectivity index (χ2v) is 7.86. The number of carbonyl (C=O) groups is 3. The Hall–Kier alpha value is -2.37. The smallest absolute Gasteiger partial charge is 0.323 e. The molecular weight excluding hydrogens is 344 g/mol. The minimum atomic E-state index is -0.998. The highest BCUT2D eigenvalue weighted by Gasteiger charge is 2.51. The number of aliphatic carboxylic acids is 1. The van der Waals surface area contributed by atoms with Gasteiger partial charge in [-0.2, -0.15) is 0 Å². The van der Waals surface area contributed by atoms with Crippen molar-refractivity contribution in [1.82, 2.24) is 9.80 Å². The van der Waals surface area contributed by atoms with Crippen LogP contribution in [0.1, 0.15) is 44.6 Å². The molecule has 1 aliphatic carbocycles. The van der Waals surface area contributed by atoms with Gasteiger partial charge in [0.15, 0.2) is 0 Å². The van der Waals surface area contributed by atoms with Gasteiger partial charge in [-0.05, 0) is 44.1 Å². The SMILES string of the molecule is CC(=O)N(CC(=O)O)C1CCCN(C(=O)C2(Cc3ccccc3)CC2)CC1. The second kappa shape index (κ2) is 8.11. The third kappa shape index (κ3) is 4.67. The van der Waals surface area contributed by atoms with E-state index in [1.54, 1.807) is 0 Å². The highest BCUT2D eigenvalue weighted by atomic mass is 16.4. The Bertz CT molecular complexity index is 699. The zero-order chi connectivity index (χ0) is 19.4. The van der Waals surface area contributed by atoms with E-state index in [0.717, 1.165) is 32.1 Å². The first-order chi connectivity index (χ1) is 12.9. The van der Waals surface area contributed by atoms with E-state index >= 15 is 0 Å². The van der Waals surface area contributed by atoms with Crippen molar-refractivity contribution in [2.24, 2.45) is 5.41 Å². The second-order valence-electron chi connectivity index (χ2n) is 7.86. The number of rotatable bonds is 6. The predicted molar refractivity (Wildman–Crippen MR) is 101 cm³/mol. The molecule has 2 fully saturated rings. The van der Waals surface area contributed by atoms with Gasteiger partial charge in [0.2, 0.25) is 11.8 Å². The van der Waals surface area contributed by atoms with Crippen molar-refractivity contribution < 1.29 is 19.5 Å². The molecule has 1 aromatic rings. The lowest BCUT2D eigenvalue weighted by Crippen LogP contribution is -2.43. The van der Waals surface area contributed by atoms with Crippen molar-refractivity contribution in [1.29, 1.82) is 0 Å². The van der Waals surface area contributed by atoms with Gasteiger partial charge >= 0.3 is 5.97 Å². The van der Waals surface area contributed by atoms with E-state index in [-0.39, 0.29) is 29.8 Å². The van der Waals surface area contributed by atoms with Crippen molar-refractivity contribution in [3.63, 3.8) is 0 Å². The molecule has 0 spiro atoms. The molecule has 6 nitrogen and oxygen atoms in total. The van der Waals surface area contributed by atoms with Crippen LogP contribution in [0.3, 0.4) is 0 Å². The molecule has 0 bridgehead atoms. The zero-order valence-corrected chi connectivity index (χ0v) is 15.9. The first kappa shape index (κ1) is 19.4. The van der Waals surface area contributed by atoms with E-state index in [1.807, 2.05) is 23.1 Å². The van der Waals surface area contributed by atoms with Crippen molar-refractivity contribution in [3.8, 4) is 0 Å². The van der Waals surface area contributed by atoms with Gasteiger partial charge in [0.25, 0.3) is 0 Å². The van der Waals surface area contributed by atoms with E-state index < -0.39 is 5.97 Å².